The number of rotatable bonds is 3. The minimum atomic E-state index is -1.81. The van der Waals surface area contributed by atoms with Crippen LogP contribution in [-0.2, 0) is 0 Å². The summed E-state index contributed by atoms with van der Waals surface area (Å²) in [6.45, 7) is 0. The van der Waals surface area contributed by atoms with Crippen molar-refractivity contribution in [1.29, 1.82) is 0 Å². The third kappa shape index (κ3) is 3.05. The van der Waals surface area contributed by atoms with E-state index in [2.05, 4.69) is 14.7 Å². The van der Waals surface area contributed by atoms with Crippen LogP contribution >= 0.6 is 11.6 Å². The lowest BCUT2D eigenvalue weighted by atomic mass is 10.3. The molecule has 0 saturated heterocycles. The summed E-state index contributed by atoms with van der Waals surface area (Å²) < 4.78 is 56.4. The van der Waals surface area contributed by atoms with E-state index in [0.717, 1.165) is 0 Å². The van der Waals surface area contributed by atoms with Crippen LogP contribution in [0.3, 0.4) is 0 Å². The number of nitrogens with zero attached hydrogens (tertiary/aromatic N) is 2. The summed E-state index contributed by atoms with van der Waals surface area (Å²) in [5.74, 6) is -8.36. The van der Waals surface area contributed by atoms with Crippen LogP contribution in [0.15, 0.2) is 29.3 Å². The van der Waals surface area contributed by atoms with Crippen molar-refractivity contribution in [3.63, 3.8) is 0 Å². The van der Waals surface area contributed by atoms with Crippen LogP contribution in [0.25, 0.3) is 0 Å². The van der Waals surface area contributed by atoms with E-state index < -0.39 is 29.3 Å². The summed E-state index contributed by atoms with van der Waals surface area (Å²) >= 11 is 5.65. The van der Waals surface area contributed by atoms with Gasteiger partial charge in [-0.3, -0.25) is 0 Å². The van der Waals surface area contributed by atoms with Crippen LogP contribution in [0, 0.1) is 23.5 Å². The summed E-state index contributed by atoms with van der Waals surface area (Å²) in [5, 5.41) is 0.472. The Labute approximate surface area is 115 Å². The first kappa shape index (κ1) is 14.3. The molecule has 1 aromatic carbocycles. The van der Waals surface area contributed by atoms with Gasteiger partial charge in [0.2, 0.25) is 17.4 Å². The number of hydrogen-bond acceptors (Lipinski definition) is 3. The first-order chi connectivity index (χ1) is 9.49. The van der Waals surface area contributed by atoms with Crippen LogP contribution in [0.5, 0.6) is 5.75 Å². The molecule has 0 aliphatic rings. The van der Waals surface area contributed by atoms with Crippen molar-refractivity contribution < 1.29 is 22.3 Å². The first-order valence-corrected chi connectivity index (χ1v) is 5.51. The second kappa shape index (κ2) is 5.87. The lowest BCUT2D eigenvalue weighted by Crippen LogP contribution is -2.04. The molecule has 0 amide bonds. The molecule has 0 atom stereocenters. The molecular weight excluding hydrogens is 300 g/mol. The molecule has 2 aromatic rings. The molecule has 0 bridgehead atoms. The highest BCUT2D eigenvalue weighted by molar-refractivity contribution is 6.30. The minimum Gasteiger partial charge on any atom is -0.439 e. The fourth-order valence-electron chi connectivity index (χ4n) is 1.24. The van der Waals surface area contributed by atoms with Gasteiger partial charge in [0.15, 0.2) is 6.40 Å². The van der Waals surface area contributed by atoms with Crippen molar-refractivity contribution in [2.75, 3.05) is 0 Å². The standard InChI is InChI=1S/C12H5ClF4N2O/c13-6-1-3-7(4-2-6)18-5-20-10-8(14)11(16)19-12(17)9(10)15/h1-5H. The Morgan fingerprint density at radius 1 is 1.00 bits per heavy atom. The van der Waals surface area contributed by atoms with Gasteiger partial charge in [0, 0.05) is 5.02 Å². The van der Waals surface area contributed by atoms with Gasteiger partial charge in [0.25, 0.3) is 11.9 Å². The minimum absolute atomic E-state index is 0.366. The maximum atomic E-state index is 13.2. The maximum absolute atomic E-state index is 13.2. The molecule has 3 nitrogen and oxygen atoms in total. The average molecular weight is 305 g/mol. The van der Waals surface area contributed by atoms with Gasteiger partial charge in [-0.25, -0.2) is 4.99 Å². The molecule has 0 N–H and O–H groups in total. The molecule has 0 spiro atoms. The third-order valence-corrected chi connectivity index (χ3v) is 2.41. The van der Waals surface area contributed by atoms with Crippen molar-refractivity contribution in [2.45, 2.75) is 0 Å². The molecule has 0 fully saturated rings. The molecule has 0 aliphatic carbocycles. The lowest BCUT2D eigenvalue weighted by molar-refractivity contribution is 0.364. The quantitative estimate of drug-likeness (QED) is 0.371. The van der Waals surface area contributed by atoms with Gasteiger partial charge < -0.3 is 4.74 Å². The van der Waals surface area contributed by atoms with Crippen LogP contribution < -0.4 is 4.74 Å². The number of ether oxygens (including phenoxy) is 1. The number of aliphatic imine (C=N–C) groups is 1. The highest BCUT2D eigenvalue weighted by Crippen LogP contribution is 2.24. The molecule has 104 valence electrons. The summed E-state index contributed by atoms with van der Waals surface area (Å²) in [6, 6.07) is 6.06. The first-order valence-electron chi connectivity index (χ1n) is 5.14. The molecule has 0 aliphatic heterocycles. The fourth-order valence-corrected chi connectivity index (χ4v) is 1.36. The monoisotopic (exact) mass is 304 g/mol. The van der Waals surface area contributed by atoms with Crippen LogP contribution in [-0.4, -0.2) is 11.4 Å². The van der Waals surface area contributed by atoms with E-state index in [1.54, 1.807) is 0 Å². The number of pyridine rings is 1. The Morgan fingerprint density at radius 2 is 1.55 bits per heavy atom. The summed E-state index contributed by atoms with van der Waals surface area (Å²) in [4.78, 5) is 6.07. The molecule has 0 radical (unpaired) electrons. The van der Waals surface area contributed by atoms with E-state index in [1.165, 1.54) is 24.3 Å². The molecule has 1 aromatic heterocycles. The van der Waals surface area contributed by atoms with Gasteiger partial charge in [-0.1, -0.05) is 11.6 Å². The van der Waals surface area contributed by atoms with E-state index in [9.17, 15) is 17.6 Å². The molecule has 20 heavy (non-hydrogen) atoms. The predicted molar refractivity (Wildman–Crippen MR) is 64.3 cm³/mol. The van der Waals surface area contributed by atoms with Gasteiger partial charge in [-0.15, -0.1) is 0 Å². The van der Waals surface area contributed by atoms with E-state index >= 15 is 0 Å². The molecular formula is C12H5ClF4N2O. The molecule has 1 heterocycles. The van der Waals surface area contributed by atoms with Gasteiger partial charge in [-0.2, -0.15) is 22.5 Å². The Hall–Kier alpha value is -2.15. The number of benzene rings is 1. The Balaban J connectivity index is 2.21. The number of hydrogen-bond donors (Lipinski definition) is 0. The summed E-state index contributed by atoms with van der Waals surface area (Å²) in [7, 11) is 0. The van der Waals surface area contributed by atoms with E-state index in [1.807, 2.05) is 0 Å². The Kier molecular flexibility index (Phi) is 4.19. The van der Waals surface area contributed by atoms with Crippen LogP contribution in [0.2, 0.25) is 5.02 Å². The lowest BCUT2D eigenvalue weighted by Gasteiger charge is -2.03. The van der Waals surface area contributed by atoms with Crippen molar-refractivity contribution >= 4 is 23.7 Å². The van der Waals surface area contributed by atoms with Crippen molar-refractivity contribution in [2.24, 2.45) is 4.99 Å². The predicted octanol–water partition coefficient (Wildman–Crippen LogP) is 4.03. The highest BCUT2D eigenvalue weighted by atomic mass is 35.5. The summed E-state index contributed by atoms with van der Waals surface area (Å²) in [6.07, 6.45) is 0.642. The maximum Gasteiger partial charge on any atom is 0.255 e. The molecule has 2 rings (SSSR count). The van der Waals surface area contributed by atoms with Crippen molar-refractivity contribution in [3.05, 3.63) is 52.8 Å². The van der Waals surface area contributed by atoms with Crippen molar-refractivity contribution in [1.82, 2.24) is 4.98 Å². The SMILES string of the molecule is Fc1nc(F)c(F)c(OC=Nc2ccc(Cl)cc2)c1F. The largest absolute Gasteiger partial charge is 0.439 e. The fraction of sp³-hybridized carbons (Fsp3) is 0. The second-order valence-electron chi connectivity index (χ2n) is 3.48. The van der Waals surface area contributed by atoms with Crippen LogP contribution in [0.1, 0.15) is 0 Å². The highest BCUT2D eigenvalue weighted by Gasteiger charge is 2.21. The normalized spacial score (nSPS) is 11.1. The molecule has 8 heteroatoms. The zero-order chi connectivity index (χ0) is 14.7. The van der Waals surface area contributed by atoms with E-state index in [-0.39, 0.29) is 0 Å². The van der Waals surface area contributed by atoms with Gasteiger partial charge >= 0.3 is 0 Å². The zero-order valence-electron chi connectivity index (χ0n) is 9.58. The van der Waals surface area contributed by atoms with Crippen molar-refractivity contribution in [3.8, 4) is 5.75 Å². The molecule has 0 unspecified atom stereocenters. The number of halogens is 5. The second-order valence-corrected chi connectivity index (χ2v) is 3.92. The number of aromatic nitrogens is 1. The Bertz CT molecular complexity index is 635. The topological polar surface area (TPSA) is 34.5 Å². The Morgan fingerprint density at radius 3 is 2.10 bits per heavy atom. The zero-order valence-corrected chi connectivity index (χ0v) is 10.3. The van der Waals surface area contributed by atoms with E-state index in [0.29, 0.717) is 17.1 Å². The van der Waals surface area contributed by atoms with Gasteiger partial charge in [0.1, 0.15) is 0 Å². The third-order valence-electron chi connectivity index (χ3n) is 2.16. The van der Waals surface area contributed by atoms with Crippen LogP contribution in [0.4, 0.5) is 23.2 Å². The average Bonchev–Trinajstić information content (AvgIpc) is 2.42. The smallest absolute Gasteiger partial charge is 0.255 e. The summed E-state index contributed by atoms with van der Waals surface area (Å²) in [5.41, 5.74) is 0.366. The van der Waals surface area contributed by atoms with E-state index in [4.69, 9.17) is 11.6 Å². The van der Waals surface area contributed by atoms with Gasteiger partial charge in [-0.05, 0) is 24.3 Å². The molecule has 0 saturated carbocycles. The van der Waals surface area contributed by atoms with Gasteiger partial charge in [0.05, 0.1) is 5.69 Å².